The smallest absolute Gasteiger partial charge is 0.146 e. The van der Waals surface area contributed by atoms with Crippen molar-refractivity contribution in [3.05, 3.63) is 62.0 Å². The Hall–Kier alpha value is -0.650. The average Bonchev–Trinajstić information content (AvgIpc) is 2.44. The number of ether oxygens (including phenoxy) is 1. The molecule has 106 valence electrons. The van der Waals surface area contributed by atoms with Crippen molar-refractivity contribution in [1.29, 1.82) is 0 Å². The van der Waals surface area contributed by atoms with Gasteiger partial charge in [0.15, 0.2) is 0 Å². The lowest BCUT2D eigenvalue weighted by molar-refractivity contribution is 0.292. The molecule has 0 fully saturated rings. The highest BCUT2D eigenvalue weighted by Crippen LogP contribution is 2.26. The van der Waals surface area contributed by atoms with E-state index in [9.17, 15) is 8.78 Å². The molecule has 6 heteroatoms. The third-order valence-electron chi connectivity index (χ3n) is 2.68. The van der Waals surface area contributed by atoms with Crippen LogP contribution in [-0.4, -0.2) is 0 Å². The molecule has 2 rings (SSSR count). The first-order valence-corrected chi connectivity index (χ1v) is 7.74. The predicted octanol–water partition coefficient (Wildman–Crippen LogP) is 5.81. The summed E-state index contributed by atoms with van der Waals surface area (Å²) in [6, 6.07) is 7.72. The van der Waals surface area contributed by atoms with Crippen molar-refractivity contribution in [3.8, 4) is 5.75 Å². The molecule has 0 unspecified atom stereocenters. The zero-order chi connectivity index (χ0) is 14.7. The summed E-state index contributed by atoms with van der Waals surface area (Å²) >= 11 is 12.2. The van der Waals surface area contributed by atoms with Crippen LogP contribution in [0.3, 0.4) is 0 Å². The molecule has 0 aliphatic carbocycles. The van der Waals surface area contributed by atoms with Crippen molar-refractivity contribution in [2.45, 2.75) is 12.5 Å². The summed E-state index contributed by atoms with van der Waals surface area (Å²) in [5, 5.41) is 0. The van der Waals surface area contributed by atoms with Crippen molar-refractivity contribution < 1.29 is 13.5 Å². The van der Waals surface area contributed by atoms with Gasteiger partial charge >= 0.3 is 0 Å². The Bertz CT molecular complexity index is 635. The summed E-state index contributed by atoms with van der Waals surface area (Å²) in [4.78, 5) is 0. The molecule has 20 heavy (non-hydrogen) atoms. The van der Waals surface area contributed by atoms with E-state index in [1.165, 1.54) is 12.1 Å². The molecule has 0 radical (unpaired) electrons. The minimum Gasteiger partial charge on any atom is -0.489 e. The Balaban J connectivity index is 2.19. The van der Waals surface area contributed by atoms with Gasteiger partial charge in [0, 0.05) is 10.4 Å². The summed E-state index contributed by atoms with van der Waals surface area (Å²) in [5.41, 5.74) is 0.731. The highest BCUT2D eigenvalue weighted by Gasteiger charge is 2.13. The van der Waals surface area contributed by atoms with Crippen molar-refractivity contribution in [3.63, 3.8) is 0 Å². The van der Waals surface area contributed by atoms with Gasteiger partial charge in [0.05, 0.1) is 10.0 Å². The van der Waals surface area contributed by atoms with Crippen molar-refractivity contribution >= 4 is 43.5 Å². The maximum Gasteiger partial charge on any atom is 0.146 e. The Morgan fingerprint density at radius 3 is 2.45 bits per heavy atom. The molecule has 0 aliphatic rings. The predicted molar refractivity (Wildman–Crippen MR) is 82.1 cm³/mol. The average molecular weight is 426 g/mol. The monoisotopic (exact) mass is 424 g/mol. The molecule has 0 spiro atoms. The van der Waals surface area contributed by atoms with Gasteiger partial charge in [-0.15, -0.1) is 11.6 Å². The van der Waals surface area contributed by atoms with Gasteiger partial charge in [-0.05, 0) is 51.8 Å². The molecule has 2 aromatic carbocycles. The van der Waals surface area contributed by atoms with Crippen LogP contribution in [0.2, 0.25) is 0 Å². The number of halogens is 5. The van der Waals surface area contributed by atoms with E-state index < -0.39 is 11.6 Å². The number of alkyl halides is 1. The van der Waals surface area contributed by atoms with Crippen molar-refractivity contribution in [2.75, 3.05) is 0 Å². The van der Waals surface area contributed by atoms with Crippen molar-refractivity contribution in [1.82, 2.24) is 0 Å². The van der Waals surface area contributed by atoms with Crippen LogP contribution in [0.5, 0.6) is 5.75 Å². The van der Waals surface area contributed by atoms with E-state index in [0.717, 1.165) is 10.0 Å². The fraction of sp³-hybridized carbons (Fsp3) is 0.143. The lowest BCUT2D eigenvalue weighted by Crippen LogP contribution is -2.03. The molecule has 0 saturated heterocycles. The van der Waals surface area contributed by atoms with Gasteiger partial charge in [0.25, 0.3) is 0 Å². The number of benzene rings is 2. The maximum absolute atomic E-state index is 13.8. The summed E-state index contributed by atoms with van der Waals surface area (Å²) in [5.74, 6) is -0.472. The molecule has 1 nitrogen and oxygen atoms in total. The molecular formula is C14H9Br2ClF2O. The van der Waals surface area contributed by atoms with E-state index in [1.807, 2.05) is 0 Å². The normalized spacial score (nSPS) is 10.7. The van der Waals surface area contributed by atoms with E-state index in [2.05, 4.69) is 31.9 Å². The van der Waals surface area contributed by atoms with E-state index in [0.29, 0.717) is 11.6 Å². The summed E-state index contributed by atoms with van der Waals surface area (Å²) in [6.45, 7) is -0.194. The minimum absolute atomic E-state index is 0.116. The zero-order valence-electron chi connectivity index (χ0n) is 10.1. The topological polar surface area (TPSA) is 9.23 Å². The fourth-order valence-corrected chi connectivity index (χ4v) is 2.74. The zero-order valence-corrected chi connectivity index (χ0v) is 14.0. The van der Waals surface area contributed by atoms with Gasteiger partial charge in [-0.1, -0.05) is 15.9 Å². The van der Waals surface area contributed by atoms with Crippen LogP contribution in [-0.2, 0) is 12.5 Å². The van der Waals surface area contributed by atoms with Crippen LogP contribution in [0, 0.1) is 11.6 Å². The second-order valence-electron chi connectivity index (χ2n) is 4.00. The Morgan fingerprint density at radius 2 is 1.75 bits per heavy atom. The second kappa shape index (κ2) is 6.87. The Kier molecular flexibility index (Phi) is 5.41. The van der Waals surface area contributed by atoms with Crippen LogP contribution in [0.15, 0.2) is 39.3 Å². The number of rotatable bonds is 4. The third-order valence-corrected chi connectivity index (χ3v) is 4.36. The van der Waals surface area contributed by atoms with Gasteiger partial charge in [0.2, 0.25) is 0 Å². The highest BCUT2D eigenvalue weighted by molar-refractivity contribution is 9.10. The number of hydrogen-bond acceptors (Lipinski definition) is 1. The van der Waals surface area contributed by atoms with E-state index >= 15 is 0 Å². The van der Waals surface area contributed by atoms with Crippen molar-refractivity contribution in [2.24, 2.45) is 0 Å². The molecule has 0 heterocycles. The molecule has 0 aliphatic heterocycles. The second-order valence-corrected chi connectivity index (χ2v) is 5.97. The van der Waals surface area contributed by atoms with Gasteiger partial charge in [-0.3, -0.25) is 0 Å². The highest BCUT2D eigenvalue weighted by atomic mass is 79.9. The van der Waals surface area contributed by atoms with Gasteiger partial charge in [-0.25, -0.2) is 8.78 Å². The van der Waals surface area contributed by atoms with E-state index in [4.69, 9.17) is 16.3 Å². The van der Waals surface area contributed by atoms with Crippen LogP contribution in [0.1, 0.15) is 11.1 Å². The SMILES string of the molecule is Fc1ccc(Br)c(F)c1COc1ccc(Br)c(CCl)c1. The molecule has 2 aromatic rings. The molecule has 0 bridgehead atoms. The van der Waals surface area contributed by atoms with Crippen LogP contribution >= 0.6 is 43.5 Å². The third kappa shape index (κ3) is 3.51. The minimum atomic E-state index is -0.653. The molecule has 0 aromatic heterocycles. The van der Waals surface area contributed by atoms with E-state index in [-0.39, 0.29) is 16.6 Å². The lowest BCUT2D eigenvalue weighted by atomic mass is 10.2. The first-order chi connectivity index (χ1) is 9.52. The summed E-state index contributed by atoms with van der Waals surface area (Å²) < 4.78 is 33.8. The Morgan fingerprint density at radius 1 is 1.05 bits per heavy atom. The summed E-state index contributed by atoms with van der Waals surface area (Å²) in [7, 11) is 0. The molecule has 0 saturated carbocycles. The summed E-state index contributed by atoms with van der Waals surface area (Å²) in [6.07, 6.45) is 0. The Labute approximate surface area is 137 Å². The van der Waals surface area contributed by atoms with Crippen LogP contribution < -0.4 is 4.74 Å². The van der Waals surface area contributed by atoms with Gasteiger partial charge in [0.1, 0.15) is 24.0 Å². The first-order valence-electron chi connectivity index (χ1n) is 5.62. The first kappa shape index (κ1) is 15.7. The maximum atomic E-state index is 13.8. The fourth-order valence-electron chi connectivity index (χ4n) is 1.60. The van der Waals surface area contributed by atoms with Crippen LogP contribution in [0.25, 0.3) is 0 Å². The standard InChI is InChI=1S/C14H9Br2ClF2O/c15-11-2-1-9(5-8(11)6-17)20-7-10-13(18)4-3-12(16)14(10)19/h1-5H,6-7H2. The molecule has 0 amide bonds. The molecule has 0 atom stereocenters. The molecular weight excluding hydrogens is 417 g/mol. The quantitative estimate of drug-likeness (QED) is 0.443. The molecule has 0 N–H and O–H groups in total. The van der Waals surface area contributed by atoms with Gasteiger partial charge < -0.3 is 4.74 Å². The van der Waals surface area contributed by atoms with Gasteiger partial charge in [-0.2, -0.15) is 0 Å². The number of hydrogen-bond donors (Lipinski definition) is 0. The largest absolute Gasteiger partial charge is 0.489 e. The van der Waals surface area contributed by atoms with E-state index in [1.54, 1.807) is 18.2 Å². The lowest BCUT2D eigenvalue weighted by Gasteiger charge is -2.10. The van der Waals surface area contributed by atoms with Crippen LogP contribution in [0.4, 0.5) is 8.78 Å².